The molecule has 2 aliphatic heterocycles. The lowest BCUT2D eigenvalue weighted by atomic mass is 9.81. The lowest BCUT2D eigenvalue weighted by Gasteiger charge is -2.41. The summed E-state index contributed by atoms with van der Waals surface area (Å²) in [6.07, 6.45) is 7.42. The zero-order chi connectivity index (χ0) is 13.7. The minimum atomic E-state index is -0.635. The van der Waals surface area contributed by atoms with Crippen LogP contribution in [0.4, 0.5) is 0 Å². The van der Waals surface area contributed by atoms with Gasteiger partial charge in [-0.3, -0.25) is 4.79 Å². The number of hydrogen-bond donors (Lipinski definition) is 2. The average molecular weight is 266 g/mol. The average Bonchev–Trinajstić information content (AvgIpc) is 2.45. The molecule has 2 N–H and O–H groups in total. The van der Waals surface area contributed by atoms with Crippen LogP contribution in [0.1, 0.15) is 32.1 Å². The molecular weight excluding hydrogens is 240 g/mol. The molecule has 108 valence electrons. The first-order valence-electron chi connectivity index (χ1n) is 7.50. The van der Waals surface area contributed by atoms with Gasteiger partial charge in [0.25, 0.3) is 0 Å². The third-order valence-electron chi connectivity index (χ3n) is 4.47. The molecule has 2 fully saturated rings. The number of piperidine rings is 2. The van der Waals surface area contributed by atoms with Gasteiger partial charge in [0, 0.05) is 25.7 Å². The predicted octanol–water partition coefficient (Wildman–Crippen LogP) is 1.73. The largest absolute Gasteiger partial charge is 0.481 e. The van der Waals surface area contributed by atoms with Gasteiger partial charge in [-0.05, 0) is 38.1 Å². The normalized spacial score (nSPS) is 32.9. The quantitative estimate of drug-likeness (QED) is 0.744. The summed E-state index contributed by atoms with van der Waals surface area (Å²) in [5.74, 6) is -0.351. The summed E-state index contributed by atoms with van der Waals surface area (Å²) in [6, 6.07) is 0.516. The topological polar surface area (TPSA) is 52.6 Å². The molecule has 2 aliphatic rings. The number of rotatable bonds is 5. The van der Waals surface area contributed by atoms with Gasteiger partial charge in [-0.15, -0.1) is 6.58 Å². The molecule has 0 unspecified atom stereocenters. The summed E-state index contributed by atoms with van der Waals surface area (Å²) in [4.78, 5) is 13.6. The van der Waals surface area contributed by atoms with Crippen LogP contribution in [0.3, 0.4) is 0 Å². The predicted molar refractivity (Wildman–Crippen MR) is 76.1 cm³/mol. The number of likely N-dealkylation sites (tertiary alicyclic amines) is 1. The molecule has 2 saturated heterocycles. The molecule has 0 aromatic heterocycles. The minimum absolute atomic E-state index is 0.202. The molecule has 0 spiro atoms. The van der Waals surface area contributed by atoms with Gasteiger partial charge >= 0.3 is 5.97 Å². The number of carboxylic acids is 1. The highest BCUT2D eigenvalue weighted by Gasteiger charge is 2.35. The van der Waals surface area contributed by atoms with Crippen LogP contribution in [-0.4, -0.2) is 48.2 Å². The molecule has 4 heteroatoms. The van der Waals surface area contributed by atoms with Crippen LogP contribution in [0.15, 0.2) is 12.7 Å². The van der Waals surface area contributed by atoms with E-state index in [1.807, 2.05) is 6.08 Å². The maximum Gasteiger partial charge on any atom is 0.307 e. The van der Waals surface area contributed by atoms with Crippen LogP contribution >= 0.6 is 0 Å². The van der Waals surface area contributed by atoms with Crippen molar-refractivity contribution in [2.75, 3.05) is 26.2 Å². The molecule has 0 bridgehead atoms. The smallest absolute Gasteiger partial charge is 0.307 e. The molecule has 0 aromatic rings. The molecule has 0 aromatic carbocycles. The van der Waals surface area contributed by atoms with E-state index in [0.29, 0.717) is 18.5 Å². The zero-order valence-corrected chi connectivity index (χ0v) is 11.7. The van der Waals surface area contributed by atoms with Gasteiger partial charge in [0.1, 0.15) is 0 Å². The number of nitrogens with zero attached hydrogens (tertiary/aromatic N) is 1. The van der Waals surface area contributed by atoms with E-state index in [-0.39, 0.29) is 5.92 Å². The summed E-state index contributed by atoms with van der Waals surface area (Å²) in [5, 5.41) is 12.9. The van der Waals surface area contributed by atoms with Crippen LogP contribution in [0.2, 0.25) is 0 Å². The Hall–Kier alpha value is -0.870. The zero-order valence-electron chi connectivity index (χ0n) is 11.7. The van der Waals surface area contributed by atoms with E-state index in [9.17, 15) is 9.90 Å². The summed E-state index contributed by atoms with van der Waals surface area (Å²) in [7, 11) is 0. The molecule has 0 saturated carbocycles. The Balaban J connectivity index is 1.96. The van der Waals surface area contributed by atoms with Crippen LogP contribution < -0.4 is 5.32 Å². The third-order valence-corrected chi connectivity index (χ3v) is 4.47. The van der Waals surface area contributed by atoms with E-state index < -0.39 is 5.97 Å². The second-order valence-electron chi connectivity index (χ2n) is 5.92. The van der Waals surface area contributed by atoms with Gasteiger partial charge in [0.2, 0.25) is 0 Å². The highest BCUT2D eigenvalue weighted by Crippen LogP contribution is 2.28. The summed E-state index contributed by atoms with van der Waals surface area (Å²) in [5.41, 5.74) is 0. The molecular formula is C15H26N2O2. The lowest BCUT2D eigenvalue weighted by Crippen LogP contribution is -2.51. The monoisotopic (exact) mass is 266 g/mol. The van der Waals surface area contributed by atoms with E-state index in [2.05, 4.69) is 16.8 Å². The summed E-state index contributed by atoms with van der Waals surface area (Å²) >= 11 is 0. The summed E-state index contributed by atoms with van der Waals surface area (Å²) < 4.78 is 0. The molecule has 2 rings (SSSR count). The van der Waals surface area contributed by atoms with Gasteiger partial charge in [-0.25, -0.2) is 0 Å². The fourth-order valence-corrected chi connectivity index (χ4v) is 3.44. The first-order chi connectivity index (χ1) is 9.20. The van der Waals surface area contributed by atoms with Crippen molar-refractivity contribution < 1.29 is 9.90 Å². The molecule has 0 aliphatic carbocycles. The fourth-order valence-electron chi connectivity index (χ4n) is 3.44. The highest BCUT2D eigenvalue weighted by atomic mass is 16.4. The molecule has 0 amide bonds. The Bertz CT molecular complexity index is 313. The maximum atomic E-state index is 11.3. The van der Waals surface area contributed by atoms with Crippen molar-refractivity contribution >= 4 is 5.97 Å². The van der Waals surface area contributed by atoms with Crippen molar-refractivity contribution in [2.45, 2.75) is 38.1 Å². The Kier molecular flexibility index (Phi) is 5.40. The third kappa shape index (κ3) is 4.05. The van der Waals surface area contributed by atoms with Gasteiger partial charge in [-0.2, -0.15) is 0 Å². The number of carbonyl (C=O) groups is 1. The first kappa shape index (κ1) is 14.5. The van der Waals surface area contributed by atoms with Crippen LogP contribution in [-0.2, 0) is 4.79 Å². The van der Waals surface area contributed by atoms with Gasteiger partial charge in [0.05, 0.1) is 5.92 Å². The van der Waals surface area contributed by atoms with Gasteiger partial charge in [-0.1, -0.05) is 12.5 Å². The van der Waals surface area contributed by atoms with E-state index >= 15 is 0 Å². The van der Waals surface area contributed by atoms with Crippen molar-refractivity contribution in [3.05, 3.63) is 12.7 Å². The molecule has 4 nitrogen and oxygen atoms in total. The minimum Gasteiger partial charge on any atom is -0.481 e. The SMILES string of the molecule is C=CCCN1C[C@H](C(=O)O)C[C@H]([C@H]2CCCCN2)C1. The first-order valence-corrected chi connectivity index (χ1v) is 7.50. The lowest BCUT2D eigenvalue weighted by molar-refractivity contribution is -0.144. The standard InChI is InChI=1S/C15H26N2O2/c1-2-3-8-17-10-12(9-13(11-17)15(18)19)14-6-4-5-7-16-14/h2,12-14,16H,1,3-11H2,(H,18,19)/t12-,13+,14+/m0/s1. The van der Waals surface area contributed by atoms with E-state index in [0.717, 1.165) is 32.5 Å². The molecule has 2 heterocycles. The number of hydrogen-bond acceptors (Lipinski definition) is 3. The Morgan fingerprint density at radius 1 is 1.42 bits per heavy atom. The van der Waals surface area contributed by atoms with Crippen LogP contribution in [0, 0.1) is 11.8 Å². The maximum absolute atomic E-state index is 11.3. The van der Waals surface area contributed by atoms with E-state index in [1.165, 1.54) is 19.3 Å². The van der Waals surface area contributed by atoms with Crippen molar-refractivity contribution in [1.82, 2.24) is 10.2 Å². The van der Waals surface area contributed by atoms with E-state index in [4.69, 9.17) is 0 Å². The molecule has 3 atom stereocenters. The molecule has 0 radical (unpaired) electrons. The Morgan fingerprint density at radius 3 is 2.89 bits per heavy atom. The van der Waals surface area contributed by atoms with Gasteiger partial charge < -0.3 is 15.3 Å². The van der Waals surface area contributed by atoms with Crippen molar-refractivity contribution in [3.63, 3.8) is 0 Å². The van der Waals surface area contributed by atoms with Crippen molar-refractivity contribution in [2.24, 2.45) is 11.8 Å². The number of aliphatic carboxylic acids is 1. The molecule has 19 heavy (non-hydrogen) atoms. The number of nitrogens with one attached hydrogen (secondary N) is 1. The van der Waals surface area contributed by atoms with E-state index in [1.54, 1.807) is 0 Å². The van der Waals surface area contributed by atoms with Crippen molar-refractivity contribution in [1.29, 1.82) is 0 Å². The van der Waals surface area contributed by atoms with Crippen LogP contribution in [0.5, 0.6) is 0 Å². The number of carboxylic acid groups (broad SMARTS) is 1. The second-order valence-corrected chi connectivity index (χ2v) is 5.92. The van der Waals surface area contributed by atoms with Crippen molar-refractivity contribution in [3.8, 4) is 0 Å². The van der Waals surface area contributed by atoms with Gasteiger partial charge in [0.15, 0.2) is 0 Å². The Labute approximate surface area is 115 Å². The fraction of sp³-hybridized carbons (Fsp3) is 0.800. The second kappa shape index (κ2) is 7.06. The Morgan fingerprint density at radius 2 is 2.26 bits per heavy atom. The highest BCUT2D eigenvalue weighted by molar-refractivity contribution is 5.70. The van der Waals surface area contributed by atoms with Crippen LogP contribution in [0.25, 0.3) is 0 Å². The summed E-state index contributed by atoms with van der Waals surface area (Å²) in [6.45, 7) is 7.52.